The zero-order chi connectivity index (χ0) is 13.7. The van der Waals surface area contributed by atoms with Gasteiger partial charge in [0.1, 0.15) is 0 Å². The summed E-state index contributed by atoms with van der Waals surface area (Å²) in [4.78, 5) is 0. The van der Waals surface area contributed by atoms with E-state index in [1.165, 1.54) is 36.1 Å². The molecule has 0 spiro atoms. The number of hydrazine groups is 1. The molecule has 2 nitrogen and oxygen atoms in total. The van der Waals surface area contributed by atoms with Gasteiger partial charge in [-0.15, -0.1) is 0 Å². The molecule has 0 bridgehead atoms. The molecule has 1 aromatic carbocycles. The molecule has 106 valence electrons. The molecular formula is C16H26N2S. The fourth-order valence-corrected chi connectivity index (χ4v) is 4.09. The number of rotatable bonds is 5. The average molecular weight is 278 g/mol. The molecule has 2 unspecified atom stereocenters. The Kier molecular flexibility index (Phi) is 5.74. The van der Waals surface area contributed by atoms with E-state index in [1.54, 1.807) is 0 Å². The Bertz CT molecular complexity index is 369. The van der Waals surface area contributed by atoms with Gasteiger partial charge >= 0.3 is 0 Å². The third-order valence-corrected chi connectivity index (χ3v) is 5.50. The second kappa shape index (κ2) is 7.32. The Hall–Kier alpha value is -0.510. The van der Waals surface area contributed by atoms with Crippen molar-refractivity contribution in [3.05, 3.63) is 35.4 Å². The maximum absolute atomic E-state index is 5.77. The maximum atomic E-state index is 5.77. The summed E-state index contributed by atoms with van der Waals surface area (Å²) in [6, 6.07) is 9.42. The van der Waals surface area contributed by atoms with Crippen molar-refractivity contribution in [3.8, 4) is 0 Å². The van der Waals surface area contributed by atoms with Crippen molar-refractivity contribution < 1.29 is 0 Å². The molecule has 3 N–H and O–H groups in total. The topological polar surface area (TPSA) is 38.0 Å². The van der Waals surface area contributed by atoms with E-state index in [0.29, 0.717) is 17.2 Å². The highest BCUT2D eigenvalue weighted by molar-refractivity contribution is 8.00. The lowest BCUT2D eigenvalue weighted by Crippen LogP contribution is -2.45. The lowest BCUT2D eigenvalue weighted by molar-refractivity contribution is 0.472. The van der Waals surface area contributed by atoms with Crippen molar-refractivity contribution >= 4 is 11.8 Å². The predicted octanol–water partition coefficient (Wildman–Crippen LogP) is 3.47. The second-order valence-electron chi connectivity index (χ2n) is 5.78. The van der Waals surface area contributed by atoms with Gasteiger partial charge in [0.15, 0.2) is 0 Å². The van der Waals surface area contributed by atoms with Crippen molar-refractivity contribution in [2.24, 2.45) is 5.84 Å². The van der Waals surface area contributed by atoms with Gasteiger partial charge in [0.05, 0.1) is 0 Å². The SMILES string of the molecule is CC(C)c1ccc(CC(NN)C2CCCCS2)cc1. The summed E-state index contributed by atoms with van der Waals surface area (Å²) < 4.78 is 0. The van der Waals surface area contributed by atoms with E-state index < -0.39 is 0 Å². The molecule has 2 rings (SSSR count). The van der Waals surface area contributed by atoms with Crippen LogP contribution in [-0.2, 0) is 6.42 Å². The number of thioether (sulfide) groups is 1. The largest absolute Gasteiger partial charge is 0.271 e. The van der Waals surface area contributed by atoms with Crippen molar-refractivity contribution in [3.63, 3.8) is 0 Å². The Morgan fingerprint density at radius 1 is 1.26 bits per heavy atom. The number of hydrogen-bond acceptors (Lipinski definition) is 3. The molecular weight excluding hydrogens is 252 g/mol. The van der Waals surface area contributed by atoms with E-state index >= 15 is 0 Å². The lowest BCUT2D eigenvalue weighted by Gasteiger charge is -2.29. The average Bonchev–Trinajstić information content (AvgIpc) is 2.46. The molecule has 1 fully saturated rings. The van der Waals surface area contributed by atoms with Crippen LogP contribution in [0.25, 0.3) is 0 Å². The van der Waals surface area contributed by atoms with Gasteiger partial charge in [-0.05, 0) is 42.1 Å². The lowest BCUT2D eigenvalue weighted by atomic mass is 9.97. The van der Waals surface area contributed by atoms with Gasteiger partial charge in [-0.2, -0.15) is 11.8 Å². The quantitative estimate of drug-likeness (QED) is 0.640. The highest BCUT2D eigenvalue weighted by Crippen LogP contribution is 2.29. The van der Waals surface area contributed by atoms with Crippen LogP contribution in [0.3, 0.4) is 0 Å². The van der Waals surface area contributed by atoms with Crippen LogP contribution < -0.4 is 11.3 Å². The van der Waals surface area contributed by atoms with E-state index in [1.807, 2.05) is 0 Å². The van der Waals surface area contributed by atoms with Crippen LogP contribution in [0.15, 0.2) is 24.3 Å². The van der Waals surface area contributed by atoms with Crippen LogP contribution in [0, 0.1) is 0 Å². The van der Waals surface area contributed by atoms with Crippen LogP contribution in [0.1, 0.15) is 50.2 Å². The molecule has 0 aromatic heterocycles. The summed E-state index contributed by atoms with van der Waals surface area (Å²) in [5.41, 5.74) is 5.83. The highest BCUT2D eigenvalue weighted by atomic mass is 32.2. The number of hydrogen-bond donors (Lipinski definition) is 2. The molecule has 1 aromatic rings. The number of nitrogens with one attached hydrogen (secondary N) is 1. The first-order valence-electron chi connectivity index (χ1n) is 7.37. The minimum Gasteiger partial charge on any atom is -0.271 e. The summed E-state index contributed by atoms with van der Waals surface area (Å²) in [5.74, 6) is 7.66. The standard InChI is InChI=1S/C16H26N2S/c1-12(2)14-8-6-13(7-9-14)11-15(18-17)16-5-3-4-10-19-16/h6-9,12,15-16,18H,3-5,10-11,17H2,1-2H3. The number of benzene rings is 1. The Labute approximate surface area is 121 Å². The first-order chi connectivity index (χ1) is 9.20. The van der Waals surface area contributed by atoms with E-state index in [-0.39, 0.29) is 0 Å². The molecule has 19 heavy (non-hydrogen) atoms. The van der Waals surface area contributed by atoms with Gasteiger partial charge in [0.2, 0.25) is 0 Å². The minimum absolute atomic E-state index is 0.398. The van der Waals surface area contributed by atoms with Crippen LogP contribution in [0.4, 0.5) is 0 Å². The molecule has 0 aliphatic carbocycles. The summed E-state index contributed by atoms with van der Waals surface area (Å²) >= 11 is 2.08. The second-order valence-corrected chi connectivity index (χ2v) is 7.13. The third-order valence-electron chi connectivity index (χ3n) is 3.98. The van der Waals surface area contributed by atoms with Gasteiger partial charge in [0, 0.05) is 11.3 Å². The van der Waals surface area contributed by atoms with Gasteiger partial charge in [0.25, 0.3) is 0 Å². The zero-order valence-corrected chi connectivity index (χ0v) is 12.9. The monoisotopic (exact) mass is 278 g/mol. The Balaban J connectivity index is 1.97. The van der Waals surface area contributed by atoms with E-state index in [9.17, 15) is 0 Å². The van der Waals surface area contributed by atoms with Crippen molar-refractivity contribution in [2.45, 2.75) is 56.7 Å². The maximum Gasteiger partial charge on any atom is 0.0369 e. The van der Waals surface area contributed by atoms with Gasteiger partial charge in [-0.3, -0.25) is 11.3 Å². The zero-order valence-electron chi connectivity index (χ0n) is 12.1. The molecule has 1 aliphatic heterocycles. The molecule has 0 amide bonds. The van der Waals surface area contributed by atoms with Crippen LogP contribution >= 0.6 is 11.8 Å². The molecule has 1 saturated heterocycles. The summed E-state index contributed by atoms with van der Waals surface area (Å²) in [7, 11) is 0. The third kappa shape index (κ3) is 4.23. The fourth-order valence-electron chi connectivity index (χ4n) is 2.67. The highest BCUT2D eigenvalue weighted by Gasteiger charge is 2.23. The first-order valence-corrected chi connectivity index (χ1v) is 8.42. The predicted molar refractivity (Wildman–Crippen MR) is 85.4 cm³/mol. The summed E-state index contributed by atoms with van der Waals surface area (Å²) in [5, 5.41) is 0.670. The molecule has 2 atom stereocenters. The molecule has 0 saturated carbocycles. The molecule has 1 heterocycles. The van der Waals surface area contributed by atoms with E-state index in [4.69, 9.17) is 5.84 Å². The number of nitrogens with two attached hydrogens (primary N) is 1. The molecule has 1 aliphatic rings. The normalized spacial score (nSPS) is 21.6. The van der Waals surface area contributed by atoms with Gasteiger partial charge in [-0.25, -0.2) is 0 Å². The van der Waals surface area contributed by atoms with Crippen molar-refractivity contribution in [1.29, 1.82) is 0 Å². The first kappa shape index (κ1) is 14.9. The van der Waals surface area contributed by atoms with Crippen molar-refractivity contribution in [2.75, 3.05) is 5.75 Å². The fraction of sp³-hybridized carbons (Fsp3) is 0.625. The smallest absolute Gasteiger partial charge is 0.0369 e. The Morgan fingerprint density at radius 3 is 2.53 bits per heavy atom. The van der Waals surface area contributed by atoms with E-state index in [2.05, 4.69) is 55.3 Å². The van der Waals surface area contributed by atoms with Gasteiger partial charge < -0.3 is 0 Å². The van der Waals surface area contributed by atoms with Gasteiger partial charge in [-0.1, -0.05) is 44.5 Å². The molecule has 0 radical (unpaired) electrons. The summed E-state index contributed by atoms with van der Waals surface area (Å²) in [6.07, 6.45) is 5.04. The van der Waals surface area contributed by atoms with Crippen molar-refractivity contribution in [1.82, 2.24) is 5.43 Å². The molecule has 3 heteroatoms. The minimum atomic E-state index is 0.398. The van der Waals surface area contributed by atoms with Crippen LogP contribution in [0.2, 0.25) is 0 Å². The van der Waals surface area contributed by atoms with E-state index in [0.717, 1.165) is 6.42 Å². The van der Waals surface area contributed by atoms with Crippen LogP contribution in [-0.4, -0.2) is 17.0 Å². The Morgan fingerprint density at radius 2 is 2.00 bits per heavy atom. The van der Waals surface area contributed by atoms with Crippen LogP contribution in [0.5, 0.6) is 0 Å². The summed E-state index contributed by atoms with van der Waals surface area (Å²) in [6.45, 7) is 4.47.